The minimum Gasteiger partial charge on any atom is -0.465 e. The van der Waals surface area contributed by atoms with Crippen LogP contribution in [-0.2, 0) is 9.53 Å². The summed E-state index contributed by atoms with van der Waals surface area (Å²) >= 11 is 3.90. The number of nitrogens with zero attached hydrogens (tertiary/aromatic N) is 4. The molecule has 3 heterocycles. The Morgan fingerprint density at radius 2 is 2.00 bits per heavy atom. The molecule has 9 nitrogen and oxygen atoms in total. The highest BCUT2D eigenvalue weighted by molar-refractivity contribution is 7.99. The minimum absolute atomic E-state index is 0.0593. The molecular formula is C21H25N5O4S3. The molecule has 0 spiro atoms. The Morgan fingerprint density at radius 1 is 1.27 bits per heavy atom. The van der Waals surface area contributed by atoms with Gasteiger partial charge in [-0.1, -0.05) is 17.8 Å². The fourth-order valence-corrected chi connectivity index (χ4v) is 5.87. The van der Waals surface area contributed by atoms with Crippen LogP contribution in [0.2, 0.25) is 0 Å². The van der Waals surface area contributed by atoms with Crippen molar-refractivity contribution in [2.75, 3.05) is 32.3 Å². The van der Waals surface area contributed by atoms with Crippen molar-refractivity contribution in [3.05, 3.63) is 33.5 Å². The standard InChI is InChI=1S/C21H25N5O4S3/c1-11(2)26-17(13-8-7-9-31-13)23-24-21(26)32-10-14(27)22-18-15(20(29)30-6)12(3)16(33-18)19(28)25(4)5/h7-9,11H,10H2,1-6H3,(H,22,27). The van der Waals surface area contributed by atoms with Gasteiger partial charge < -0.3 is 15.0 Å². The molecule has 0 aliphatic rings. The first-order chi connectivity index (χ1) is 15.6. The monoisotopic (exact) mass is 507 g/mol. The van der Waals surface area contributed by atoms with Gasteiger partial charge in [-0.3, -0.25) is 14.2 Å². The first-order valence-electron chi connectivity index (χ1n) is 10.00. The lowest BCUT2D eigenvalue weighted by Crippen LogP contribution is -2.21. The summed E-state index contributed by atoms with van der Waals surface area (Å²) in [6, 6.07) is 4.04. The van der Waals surface area contributed by atoms with E-state index in [4.69, 9.17) is 4.74 Å². The molecule has 3 rings (SSSR count). The smallest absolute Gasteiger partial charge is 0.341 e. The van der Waals surface area contributed by atoms with Crippen molar-refractivity contribution < 1.29 is 19.1 Å². The lowest BCUT2D eigenvalue weighted by Gasteiger charge is -2.13. The van der Waals surface area contributed by atoms with E-state index in [2.05, 4.69) is 15.5 Å². The molecule has 0 unspecified atom stereocenters. The van der Waals surface area contributed by atoms with Crippen LogP contribution in [0.5, 0.6) is 0 Å². The minimum atomic E-state index is -0.607. The SMILES string of the molecule is COC(=O)c1c(NC(=O)CSc2nnc(-c3cccs3)n2C(C)C)sc(C(=O)N(C)C)c1C. The average molecular weight is 508 g/mol. The molecule has 1 N–H and O–H groups in total. The summed E-state index contributed by atoms with van der Waals surface area (Å²) in [6.07, 6.45) is 0. The molecule has 0 saturated carbocycles. The lowest BCUT2D eigenvalue weighted by molar-refractivity contribution is -0.113. The summed E-state index contributed by atoms with van der Waals surface area (Å²) in [5, 5.41) is 14.2. The average Bonchev–Trinajstić information content (AvgIpc) is 3.50. The third-order valence-electron chi connectivity index (χ3n) is 4.64. The number of carbonyl (C=O) groups excluding carboxylic acids is 3. The number of esters is 1. The van der Waals surface area contributed by atoms with Gasteiger partial charge in [-0.05, 0) is 37.8 Å². The normalized spacial score (nSPS) is 11.0. The molecule has 176 valence electrons. The molecule has 0 bridgehead atoms. The maximum absolute atomic E-state index is 12.8. The Kier molecular flexibility index (Phi) is 7.92. The molecule has 2 amide bonds. The van der Waals surface area contributed by atoms with Crippen LogP contribution in [0.25, 0.3) is 10.7 Å². The molecule has 0 aromatic carbocycles. The van der Waals surface area contributed by atoms with Crippen LogP contribution in [0.4, 0.5) is 5.00 Å². The van der Waals surface area contributed by atoms with Crippen molar-refractivity contribution in [1.82, 2.24) is 19.7 Å². The van der Waals surface area contributed by atoms with Crippen LogP contribution in [0.3, 0.4) is 0 Å². The first kappa shape index (κ1) is 24.9. The maximum atomic E-state index is 12.8. The number of anilines is 1. The van der Waals surface area contributed by atoms with Crippen LogP contribution in [0.15, 0.2) is 22.7 Å². The summed E-state index contributed by atoms with van der Waals surface area (Å²) in [7, 11) is 4.52. The largest absolute Gasteiger partial charge is 0.465 e. The second kappa shape index (κ2) is 10.5. The fraction of sp³-hybridized carbons (Fsp3) is 0.381. The molecule has 0 fully saturated rings. The van der Waals surface area contributed by atoms with Gasteiger partial charge in [0.25, 0.3) is 5.91 Å². The van der Waals surface area contributed by atoms with Crippen LogP contribution in [0, 0.1) is 6.92 Å². The van der Waals surface area contributed by atoms with Gasteiger partial charge in [0.1, 0.15) is 5.00 Å². The molecular weight excluding hydrogens is 482 g/mol. The molecule has 0 saturated heterocycles. The number of thioether (sulfide) groups is 1. The van der Waals surface area contributed by atoms with E-state index < -0.39 is 5.97 Å². The number of rotatable bonds is 8. The van der Waals surface area contributed by atoms with E-state index in [0.29, 0.717) is 20.6 Å². The Morgan fingerprint density at radius 3 is 2.58 bits per heavy atom. The second-order valence-electron chi connectivity index (χ2n) is 7.54. The van der Waals surface area contributed by atoms with E-state index in [1.165, 1.54) is 23.8 Å². The Hall–Kier alpha value is -2.70. The zero-order chi connectivity index (χ0) is 24.3. The van der Waals surface area contributed by atoms with Crippen molar-refractivity contribution in [3.63, 3.8) is 0 Å². The Bertz CT molecular complexity index is 1170. The van der Waals surface area contributed by atoms with Gasteiger partial charge in [-0.2, -0.15) is 0 Å². The topological polar surface area (TPSA) is 106 Å². The zero-order valence-electron chi connectivity index (χ0n) is 19.2. The number of hydrogen-bond donors (Lipinski definition) is 1. The highest BCUT2D eigenvalue weighted by atomic mass is 32.2. The van der Waals surface area contributed by atoms with Crippen molar-refractivity contribution >= 4 is 57.2 Å². The summed E-state index contributed by atoms with van der Waals surface area (Å²) < 4.78 is 6.86. The van der Waals surface area contributed by atoms with Gasteiger partial charge in [-0.25, -0.2) is 4.79 Å². The van der Waals surface area contributed by atoms with E-state index in [1.54, 1.807) is 32.4 Å². The van der Waals surface area contributed by atoms with E-state index in [1.807, 2.05) is 35.9 Å². The highest BCUT2D eigenvalue weighted by Gasteiger charge is 2.27. The van der Waals surface area contributed by atoms with Crippen molar-refractivity contribution in [2.45, 2.75) is 32.0 Å². The lowest BCUT2D eigenvalue weighted by atomic mass is 10.1. The van der Waals surface area contributed by atoms with E-state index in [-0.39, 0.29) is 29.2 Å². The molecule has 3 aromatic heterocycles. The quantitative estimate of drug-likeness (QED) is 0.360. The van der Waals surface area contributed by atoms with E-state index in [0.717, 1.165) is 22.0 Å². The number of carbonyl (C=O) groups is 3. The van der Waals surface area contributed by atoms with Gasteiger partial charge in [0.2, 0.25) is 5.91 Å². The zero-order valence-corrected chi connectivity index (χ0v) is 21.6. The van der Waals surface area contributed by atoms with Crippen LogP contribution < -0.4 is 5.32 Å². The Labute approximate surface area is 204 Å². The molecule has 0 aliphatic heterocycles. The van der Waals surface area contributed by atoms with Crippen molar-refractivity contribution in [1.29, 1.82) is 0 Å². The molecule has 12 heteroatoms. The number of hydrogen-bond acceptors (Lipinski definition) is 9. The Balaban J connectivity index is 1.80. The van der Waals surface area contributed by atoms with Gasteiger partial charge in [0.05, 0.1) is 28.2 Å². The summed E-state index contributed by atoms with van der Waals surface area (Å²) in [4.78, 5) is 40.4. The van der Waals surface area contributed by atoms with Gasteiger partial charge in [0, 0.05) is 20.1 Å². The third kappa shape index (κ3) is 5.28. The number of nitrogens with one attached hydrogen (secondary N) is 1. The van der Waals surface area contributed by atoms with E-state index in [9.17, 15) is 14.4 Å². The molecule has 0 atom stereocenters. The first-order valence-corrected chi connectivity index (χ1v) is 12.7. The number of ether oxygens (including phenoxy) is 1. The van der Waals surface area contributed by atoms with Gasteiger partial charge in [-0.15, -0.1) is 32.9 Å². The predicted octanol–water partition coefficient (Wildman–Crippen LogP) is 4.18. The number of methoxy groups -OCH3 is 1. The maximum Gasteiger partial charge on any atom is 0.341 e. The third-order valence-corrected chi connectivity index (χ3v) is 7.65. The number of amides is 2. The van der Waals surface area contributed by atoms with Crippen LogP contribution in [-0.4, -0.2) is 64.4 Å². The van der Waals surface area contributed by atoms with Crippen molar-refractivity contribution in [3.8, 4) is 10.7 Å². The fourth-order valence-electron chi connectivity index (χ4n) is 3.06. The van der Waals surface area contributed by atoms with Gasteiger partial charge in [0.15, 0.2) is 11.0 Å². The summed E-state index contributed by atoms with van der Waals surface area (Å²) in [6.45, 7) is 5.73. The molecule has 3 aromatic rings. The molecule has 33 heavy (non-hydrogen) atoms. The van der Waals surface area contributed by atoms with Crippen LogP contribution in [0.1, 0.15) is 45.5 Å². The predicted molar refractivity (Wildman–Crippen MR) is 131 cm³/mol. The number of aromatic nitrogens is 3. The summed E-state index contributed by atoms with van der Waals surface area (Å²) in [5.41, 5.74) is 0.671. The van der Waals surface area contributed by atoms with Gasteiger partial charge >= 0.3 is 5.97 Å². The second-order valence-corrected chi connectivity index (χ2v) is 10.4. The highest BCUT2D eigenvalue weighted by Crippen LogP contribution is 2.35. The number of thiophene rings is 2. The van der Waals surface area contributed by atoms with E-state index >= 15 is 0 Å². The summed E-state index contributed by atoms with van der Waals surface area (Å²) in [5.74, 6) is -0.361. The van der Waals surface area contributed by atoms with Crippen LogP contribution >= 0.6 is 34.4 Å². The molecule has 0 radical (unpaired) electrons. The van der Waals surface area contributed by atoms with Crippen molar-refractivity contribution in [2.24, 2.45) is 0 Å². The molecule has 0 aliphatic carbocycles.